The van der Waals surface area contributed by atoms with Gasteiger partial charge >= 0.3 is 0 Å². The van der Waals surface area contributed by atoms with Gasteiger partial charge in [-0.3, -0.25) is 4.79 Å². The van der Waals surface area contributed by atoms with Gasteiger partial charge in [0.25, 0.3) is 0 Å². The zero-order chi connectivity index (χ0) is 24.2. The number of amides is 1. The maximum absolute atomic E-state index is 13.4. The van der Waals surface area contributed by atoms with Crippen LogP contribution < -0.4 is 5.32 Å². The molecule has 0 heterocycles. The summed E-state index contributed by atoms with van der Waals surface area (Å²) in [4.78, 5) is 13.1. The van der Waals surface area contributed by atoms with Crippen LogP contribution in [-0.2, 0) is 21.4 Å². The van der Waals surface area contributed by atoms with Crippen molar-refractivity contribution in [3.8, 4) is 0 Å². The predicted octanol–water partition coefficient (Wildman–Crippen LogP) is 5.33. The van der Waals surface area contributed by atoms with Gasteiger partial charge in [0, 0.05) is 11.6 Å². The fraction of sp³-hybridized carbons (Fsp3) is 0.269. The molecule has 3 aromatic carbocycles. The number of carbonyl (C=O) groups is 1. The topological polar surface area (TPSA) is 66.5 Å². The predicted molar refractivity (Wildman–Crippen MR) is 133 cm³/mol. The largest absolute Gasteiger partial charge is 0.348 e. The molecular weight excluding hydrogens is 456 g/mol. The molecule has 3 aromatic rings. The van der Waals surface area contributed by atoms with Crippen LogP contribution >= 0.6 is 11.6 Å². The van der Waals surface area contributed by atoms with Crippen LogP contribution in [0.1, 0.15) is 40.8 Å². The molecule has 1 amide bonds. The lowest BCUT2D eigenvalue weighted by molar-refractivity contribution is -0.122. The van der Waals surface area contributed by atoms with E-state index in [1.54, 1.807) is 0 Å². The molecule has 0 aromatic heterocycles. The SMILES string of the molecule is Cc1cc(C)c(C(C)NC(=O)CN(Cc2ccccc2)S(=O)(=O)c2ccc(Cl)cc2)cc1C. The van der Waals surface area contributed by atoms with Crippen molar-refractivity contribution in [1.82, 2.24) is 9.62 Å². The second kappa shape index (κ2) is 10.5. The summed E-state index contributed by atoms with van der Waals surface area (Å²) in [7, 11) is -3.92. The van der Waals surface area contributed by atoms with Crippen molar-refractivity contribution in [3.63, 3.8) is 0 Å². The van der Waals surface area contributed by atoms with Crippen molar-refractivity contribution in [1.29, 1.82) is 0 Å². The van der Waals surface area contributed by atoms with E-state index in [1.807, 2.05) is 51.1 Å². The first-order valence-electron chi connectivity index (χ1n) is 10.7. The molecule has 1 N–H and O–H groups in total. The Hall–Kier alpha value is -2.67. The Labute approximate surface area is 201 Å². The third-order valence-electron chi connectivity index (χ3n) is 5.70. The number of halogens is 1. The van der Waals surface area contributed by atoms with Crippen molar-refractivity contribution in [3.05, 3.63) is 99.6 Å². The number of rotatable bonds is 8. The van der Waals surface area contributed by atoms with Crippen LogP contribution in [0.3, 0.4) is 0 Å². The average Bonchev–Trinajstić information content (AvgIpc) is 2.76. The van der Waals surface area contributed by atoms with Gasteiger partial charge < -0.3 is 5.32 Å². The number of hydrogen-bond donors (Lipinski definition) is 1. The van der Waals surface area contributed by atoms with E-state index in [0.717, 1.165) is 22.3 Å². The molecule has 0 radical (unpaired) electrons. The molecule has 0 aliphatic carbocycles. The lowest BCUT2D eigenvalue weighted by atomic mass is 9.96. The molecule has 0 saturated heterocycles. The van der Waals surface area contributed by atoms with Crippen molar-refractivity contribution < 1.29 is 13.2 Å². The maximum atomic E-state index is 13.4. The zero-order valence-electron chi connectivity index (χ0n) is 19.3. The summed E-state index contributed by atoms with van der Waals surface area (Å²) in [5, 5.41) is 3.41. The van der Waals surface area contributed by atoms with Gasteiger partial charge in [-0.1, -0.05) is 54.1 Å². The Kier molecular flexibility index (Phi) is 7.95. The molecular formula is C26H29ClN2O3S. The van der Waals surface area contributed by atoms with Gasteiger partial charge in [-0.2, -0.15) is 4.31 Å². The minimum atomic E-state index is -3.92. The van der Waals surface area contributed by atoms with Gasteiger partial charge in [-0.25, -0.2) is 8.42 Å². The first-order valence-corrected chi connectivity index (χ1v) is 12.6. The van der Waals surface area contributed by atoms with Crippen LogP contribution in [0.4, 0.5) is 0 Å². The summed E-state index contributed by atoms with van der Waals surface area (Å²) < 4.78 is 28.0. The summed E-state index contributed by atoms with van der Waals surface area (Å²) in [6.45, 7) is 7.79. The molecule has 0 bridgehead atoms. The molecule has 0 aliphatic rings. The number of sulfonamides is 1. The van der Waals surface area contributed by atoms with Crippen molar-refractivity contribution in [2.45, 2.75) is 45.2 Å². The molecule has 7 heteroatoms. The highest BCUT2D eigenvalue weighted by atomic mass is 35.5. The van der Waals surface area contributed by atoms with Gasteiger partial charge in [-0.15, -0.1) is 0 Å². The standard InChI is InChI=1S/C26H29ClN2O3S/c1-18-14-20(3)25(15-19(18)2)21(4)28-26(30)17-29(16-22-8-6-5-7-9-22)33(31,32)24-12-10-23(27)11-13-24/h5-15,21H,16-17H2,1-4H3,(H,28,30). The number of carbonyl (C=O) groups excluding carboxylic acids is 1. The number of hydrogen-bond acceptors (Lipinski definition) is 3. The highest BCUT2D eigenvalue weighted by Crippen LogP contribution is 2.23. The second-order valence-electron chi connectivity index (χ2n) is 8.29. The van der Waals surface area contributed by atoms with E-state index < -0.39 is 10.0 Å². The normalized spacial score (nSPS) is 12.5. The first kappa shape index (κ1) is 25.0. The quantitative estimate of drug-likeness (QED) is 0.469. The third kappa shape index (κ3) is 6.22. The molecule has 33 heavy (non-hydrogen) atoms. The number of benzene rings is 3. The van der Waals surface area contributed by atoms with E-state index in [2.05, 4.69) is 24.4 Å². The van der Waals surface area contributed by atoms with Gasteiger partial charge in [0.15, 0.2) is 0 Å². The van der Waals surface area contributed by atoms with Crippen LogP contribution in [-0.4, -0.2) is 25.2 Å². The first-order chi connectivity index (χ1) is 15.6. The van der Waals surface area contributed by atoms with E-state index in [1.165, 1.54) is 34.1 Å². The summed E-state index contributed by atoms with van der Waals surface area (Å²) in [6.07, 6.45) is 0. The van der Waals surface area contributed by atoms with Crippen LogP contribution in [0.15, 0.2) is 71.6 Å². The number of aryl methyl sites for hydroxylation is 3. The van der Waals surface area contributed by atoms with Crippen LogP contribution in [0.2, 0.25) is 5.02 Å². The van der Waals surface area contributed by atoms with Crippen LogP contribution in [0.25, 0.3) is 0 Å². The highest BCUT2D eigenvalue weighted by molar-refractivity contribution is 7.89. The number of nitrogens with zero attached hydrogens (tertiary/aromatic N) is 1. The van der Waals surface area contributed by atoms with Gasteiger partial charge in [0.1, 0.15) is 0 Å². The van der Waals surface area contributed by atoms with Crippen molar-refractivity contribution >= 4 is 27.5 Å². The Morgan fingerprint density at radius 3 is 2.18 bits per heavy atom. The Morgan fingerprint density at radius 1 is 0.939 bits per heavy atom. The monoisotopic (exact) mass is 484 g/mol. The van der Waals surface area contributed by atoms with E-state index in [4.69, 9.17) is 11.6 Å². The molecule has 174 valence electrons. The highest BCUT2D eigenvalue weighted by Gasteiger charge is 2.27. The van der Waals surface area contributed by atoms with E-state index in [-0.39, 0.29) is 29.9 Å². The van der Waals surface area contributed by atoms with E-state index in [9.17, 15) is 13.2 Å². The molecule has 0 saturated carbocycles. The molecule has 0 fully saturated rings. The molecule has 0 spiro atoms. The summed E-state index contributed by atoms with van der Waals surface area (Å²) in [5.74, 6) is -0.367. The van der Waals surface area contributed by atoms with Crippen molar-refractivity contribution in [2.24, 2.45) is 0 Å². The van der Waals surface area contributed by atoms with Gasteiger partial charge in [-0.05, 0) is 79.8 Å². The lowest BCUT2D eigenvalue weighted by Crippen LogP contribution is -2.41. The lowest BCUT2D eigenvalue weighted by Gasteiger charge is -2.24. The third-order valence-corrected chi connectivity index (χ3v) is 7.76. The van der Waals surface area contributed by atoms with Crippen LogP contribution in [0, 0.1) is 20.8 Å². The van der Waals surface area contributed by atoms with E-state index in [0.29, 0.717) is 5.02 Å². The molecule has 5 nitrogen and oxygen atoms in total. The minimum Gasteiger partial charge on any atom is -0.348 e. The Balaban J connectivity index is 1.84. The fourth-order valence-corrected chi connectivity index (χ4v) is 5.25. The average molecular weight is 485 g/mol. The zero-order valence-corrected chi connectivity index (χ0v) is 20.9. The summed E-state index contributed by atoms with van der Waals surface area (Å²) >= 11 is 5.93. The molecule has 1 atom stereocenters. The van der Waals surface area contributed by atoms with Gasteiger partial charge in [0.05, 0.1) is 17.5 Å². The Morgan fingerprint density at radius 2 is 1.55 bits per heavy atom. The number of nitrogens with one attached hydrogen (secondary N) is 1. The van der Waals surface area contributed by atoms with Crippen molar-refractivity contribution in [2.75, 3.05) is 6.54 Å². The summed E-state index contributed by atoms with van der Waals surface area (Å²) in [6, 6.07) is 19.1. The van der Waals surface area contributed by atoms with Crippen LogP contribution in [0.5, 0.6) is 0 Å². The van der Waals surface area contributed by atoms with Gasteiger partial charge in [0.2, 0.25) is 15.9 Å². The smallest absolute Gasteiger partial charge is 0.243 e. The maximum Gasteiger partial charge on any atom is 0.243 e. The summed E-state index contributed by atoms with van der Waals surface area (Å²) in [5.41, 5.74) is 5.23. The van der Waals surface area contributed by atoms with E-state index >= 15 is 0 Å². The second-order valence-corrected chi connectivity index (χ2v) is 10.7. The molecule has 3 rings (SSSR count). The molecule has 0 aliphatic heterocycles. The molecule has 1 unspecified atom stereocenters. The Bertz CT molecular complexity index is 1230. The fourth-order valence-electron chi connectivity index (χ4n) is 3.74. The minimum absolute atomic E-state index is 0.0796.